The first kappa shape index (κ1) is 21.8. The van der Waals surface area contributed by atoms with Crippen molar-refractivity contribution in [3.8, 4) is 5.75 Å². The summed E-state index contributed by atoms with van der Waals surface area (Å²) < 4.78 is 65.2. The summed E-state index contributed by atoms with van der Waals surface area (Å²) in [5, 5.41) is 2.76. The Hall–Kier alpha value is -2.46. The molecule has 1 N–H and O–H groups in total. The Morgan fingerprint density at radius 3 is 2.29 bits per heavy atom. The van der Waals surface area contributed by atoms with Gasteiger partial charge in [0.25, 0.3) is 0 Å². The number of anilines is 2. The molecular formula is C17H16ClF3N2O4S. The smallest absolute Gasteiger partial charge is 0.406 e. The first-order valence-corrected chi connectivity index (χ1v) is 9.97. The van der Waals surface area contributed by atoms with E-state index >= 15 is 0 Å². The van der Waals surface area contributed by atoms with Crippen molar-refractivity contribution in [2.45, 2.75) is 13.3 Å². The third-order valence-electron chi connectivity index (χ3n) is 3.50. The number of benzene rings is 2. The third-order valence-corrected chi connectivity index (χ3v) is 5.05. The molecule has 0 unspecified atom stereocenters. The van der Waals surface area contributed by atoms with Crippen molar-refractivity contribution < 1.29 is 31.1 Å². The standard InChI is InChI=1S/C17H16ClF3N2O4S/c1-11-3-6-13(9-15(11)18)23(28(2,25)26)10-16(24)22-12-4-7-14(8-5-12)27-17(19,20)21/h3-9H,10H2,1-2H3,(H,22,24). The van der Waals surface area contributed by atoms with E-state index in [1.807, 2.05) is 0 Å². The second-order valence-corrected chi connectivity index (χ2v) is 8.14. The quantitative estimate of drug-likeness (QED) is 0.744. The number of carbonyl (C=O) groups excluding carboxylic acids is 1. The minimum absolute atomic E-state index is 0.176. The van der Waals surface area contributed by atoms with E-state index in [0.717, 1.165) is 28.3 Å². The predicted octanol–water partition coefficient (Wildman–Crippen LogP) is 3.95. The second-order valence-electron chi connectivity index (χ2n) is 5.82. The van der Waals surface area contributed by atoms with Crippen LogP contribution in [0.3, 0.4) is 0 Å². The fraction of sp³-hybridized carbons (Fsp3) is 0.235. The fourth-order valence-electron chi connectivity index (χ4n) is 2.21. The van der Waals surface area contributed by atoms with E-state index in [2.05, 4.69) is 10.1 Å². The Balaban J connectivity index is 2.13. The number of hydrogen-bond donors (Lipinski definition) is 1. The summed E-state index contributed by atoms with van der Waals surface area (Å²) in [5.41, 5.74) is 1.13. The predicted molar refractivity (Wildman–Crippen MR) is 100 cm³/mol. The van der Waals surface area contributed by atoms with Gasteiger partial charge in [-0.15, -0.1) is 13.2 Å². The van der Waals surface area contributed by atoms with Crippen molar-refractivity contribution in [1.29, 1.82) is 0 Å². The van der Waals surface area contributed by atoms with Crippen LogP contribution in [0, 0.1) is 6.92 Å². The zero-order valence-electron chi connectivity index (χ0n) is 14.7. The molecular weight excluding hydrogens is 421 g/mol. The van der Waals surface area contributed by atoms with Gasteiger partial charge >= 0.3 is 6.36 Å². The Kier molecular flexibility index (Phi) is 6.45. The molecule has 0 aliphatic rings. The molecule has 0 aliphatic carbocycles. The summed E-state index contributed by atoms with van der Waals surface area (Å²) in [6.07, 6.45) is -3.88. The number of nitrogens with one attached hydrogen (secondary N) is 1. The molecule has 6 nitrogen and oxygen atoms in total. The molecule has 0 atom stereocenters. The van der Waals surface area contributed by atoms with Crippen LogP contribution in [0.1, 0.15) is 5.56 Å². The van der Waals surface area contributed by atoms with Crippen LogP contribution in [0.5, 0.6) is 5.75 Å². The van der Waals surface area contributed by atoms with Crippen molar-refractivity contribution in [2.75, 3.05) is 22.4 Å². The molecule has 2 aromatic carbocycles. The topological polar surface area (TPSA) is 75.7 Å². The molecule has 0 aliphatic heterocycles. The van der Waals surface area contributed by atoms with Crippen molar-refractivity contribution in [1.82, 2.24) is 0 Å². The van der Waals surface area contributed by atoms with Crippen molar-refractivity contribution in [3.05, 3.63) is 53.1 Å². The van der Waals surface area contributed by atoms with E-state index in [4.69, 9.17) is 11.6 Å². The summed E-state index contributed by atoms with van der Waals surface area (Å²) in [6, 6.07) is 9.01. The number of halogens is 4. The molecule has 0 spiro atoms. The molecule has 0 bridgehead atoms. The summed E-state index contributed by atoms with van der Waals surface area (Å²) >= 11 is 6.02. The number of amides is 1. The Bertz CT molecular complexity index is 963. The first-order valence-electron chi connectivity index (χ1n) is 7.75. The highest BCUT2D eigenvalue weighted by molar-refractivity contribution is 7.92. The largest absolute Gasteiger partial charge is 0.573 e. The lowest BCUT2D eigenvalue weighted by Gasteiger charge is -2.22. The highest BCUT2D eigenvalue weighted by Gasteiger charge is 2.31. The van der Waals surface area contributed by atoms with Crippen LogP contribution in [0.2, 0.25) is 5.02 Å². The molecule has 0 saturated carbocycles. The first-order chi connectivity index (χ1) is 12.8. The van der Waals surface area contributed by atoms with Crippen LogP contribution in [-0.2, 0) is 14.8 Å². The minimum Gasteiger partial charge on any atom is -0.406 e. The third kappa shape index (κ3) is 6.31. The number of sulfonamides is 1. The molecule has 1 amide bonds. The summed E-state index contributed by atoms with van der Waals surface area (Å²) in [4.78, 5) is 12.2. The second kappa shape index (κ2) is 8.27. The van der Waals surface area contributed by atoms with Gasteiger partial charge in [-0.1, -0.05) is 17.7 Å². The number of carbonyl (C=O) groups is 1. The van der Waals surface area contributed by atoms with Crippen LogP contribution in [0.4, 0.5) is 24.5 Å². The van der Waals surface area contributed by atoms with E-state index < -0.39 is 34.6 Å². The van der Waals surface area contributed by atoms with Crippen molar-refractivity contribution in [3.63, 3.8) is 0 Å². The van der Waals surface area contributed by atoms with Crippen LogP contribution >= 0.6 is 11.6 Å². The number of ether oxygens (including phenoxy) is 1. The van der Waals surface area contributed by atoms with Crippen LogP contribution in [-0.4, -0.2) is 33.5 Å². The van der Waals surface area contributed by atoms with Crippen molar-refractivity contribution in [2.24, 2.45) is 0 Å². The van der Waals surface area contributed by atoms with E-state index in [1.165, 1.54) is 24.3 Å². The van der Waals surface area contributed by atoms with E-state index in [0.29, 0.717) is 5.02 Å². The zero-order valence-corrected chi connectivity index (χ0v) is 16.3. The average Bonchev–Trinajstić information content (AvgIpc) is 2.55. The highest BCUT2D eigenvalue weighted by Crippen LogP contribution is 2.26. The van der Waals surface area contributed by atoms with Crippen LogP contribution in [0.15, 0.2) is 42.5 Å². The molecule has 0 radical (unpaired) electrons. The van der Waals surface area contributed by atoms with Crippen molar-refractivity contribution >= 4 is 38.9 Å². The lowest BCUT2D eigenvalue weighted by Crippen LogP contribution is -2.37. The van der Waals surface area contributed by atoms with Gasteiger partial charge in [0.2, 0.25) is 15.9 Å². The fourth-order valence-corrected chi connectivity index (χ4v) is 3.23. The van der Waals surface area contributed by atoms with E-state index in [-0.39, 0.29) is 11.4 Å². The Labute approximate surface area is 164 Å². The summed E-state index contributed by atoms with van der Waals surface area (Å²) in [7, 11) is -3.79. The van der Waals surface area contributed by atoms with Gasteiger partial charge in [-0.05, 0) is 48.9 Å². The number of nitrogens with zero attached hydrogens (tertiary/aromatic N) is 1. The summed E-state index contributed by atoms with van der Waals surface area (Å²) in [5.74, 6) is -1.14. The van der Waals surface area contributed by atoms with E-state index in [9.17, 15) is 26.4 Å². The normalized spacial score (nSPS) is 11.8. The van der Waals surface area contributed by atoms with Gasteiger partial charge in [0.15, 0.2) is 0 Å². The lowest BCUT2D eigenvalue weighted by atomic mass is 10.2. The SMILES string of the molecule is Cc1ccc(N(CC(=O)Nc2ccc(OC(F)(F)F)cc2)S(C)(=O)=O)cc1Cl. The minimum atomic E-state index is -4.82. The van der Waals surface area contributed by atoms with E-state index in [1.54, 1.807) is 13.0 Å². The van der Waals surface area contributed by atoms with Gasteiger partial charge in [0.1, 0.15) is 12.3 Å². The van der Waals surface area contributed by atoms with Crippen LogP contribution < -0.4 is 14.4 Å². The monoisotopic (exact) mass is 436 g/mol. The maximum Gasteiger partial charge on any atom is 0.573 e. The number of rotatable bonds is 6. The molecule has 2 aromatic rings. The maximum absolute atomic E-state index is 12.2. The molecule has 0 heterocycles. The van der Waals surface area contributed by atoms with Gasteiger partial charge in [-0.2, -0.15) is 0 Å². The Morgan fingerprint density at radius 2 is 1.79 bits per heavy atom. The molecule has 152 valence electrons. The molecule has 0 saturated heterocycles. The van der Waals surface area contributed by atoms with Crippen LogP contribution in [0.25, 0.3) is 0 Å². The molecule has 11 heteroatoms. The van der Waals surface area contributed by atoms with Gasteiger partial charge < -0.3 is 10.1 Å². The summed E-state index contributed by atoms with van der Waals surface area (Å²) in [6.45, 7) is 1.20. The average molecular weight is 437 g/mol. The number of alkyl halides is 3. The number of hydrogen-bond acceptors (Lipinski definition) is 4. The van der Waals surface area contributed by atoms with Gasteiger partial charge in [0, 0.05) is 10.7 Å². The highest BCUT2D eigenvalue weighted by atomic mass is 35.5. The van der Waals surface area contributed by atoms with Gasteiger partial charge in [0.05, 0.1) is 11.9 Å². The number of aryl methyl sites for hydroxylation is 1. The van der Waals surface area contributed by atoms with Gasteiger partial charge in [-0.3, -0.25) is 9.10 Å². The molecule has 2 rings (SSSR count). The zero-order chi connectivity index (χ0) is 21.1. The van der Waals surface area contributed by atoms with Gasteiger partial charge in [-0.25, -0.2) is 8.42 Å². The molecule has 0 fully saturated rings. The Morgan fingerprint density at radius 1 is 1.18 bits per heavy atom. The lowest BCUT2D eigenvalue weighted by molar-refractivity contribution is -0.274. The molecule has 0 aromatic heterocycles. The molecule has 28 heavy (non-hydrogen) atoms. The maximum atomic E-state index is 12.2.